The first kappa shape index (κ1) is 24.8. The third-order valence-electron chi connectivity index (χ3n) is 6.07. The van der Waals surface area contributed by atoms with E-state index in [0.29, 0.717) is 18.8 Å². The average Bonchev–Trinajstić information content (AvgIpc) is 3.23. The molecule has 0 saturated carbocycles. The van der Waals surface area contributed by atoms with Crippen LogP contribution in [0.25, 0.3) is 20.5 Å². The first-order valence-electron chi connectivity index (χ1n) is 12.0. The Morgan fingerprint density at radius 3 is 2.34 bits per heavy atom. The molecule has 4 rings (SSSR count). The quantitative estimate of drug-likeness (QED) is 0.130. The van der Waals surface area contributed by atoms with Crippen molar-refractivity contribution in [2.45, 2.75) is 45.1 Å². The summed E-state index contributed by atoms with van der Waals surface area (Å²) in [5.41, 5.74) is 3.11. The predicted molar refractivity (Wildman–Crippen MR) is 143 cm³/mol. The molecule has 0 aliphatic heterocycles. The van der Waals surface area contributed by atoms with Gasteiger partial charge in [-0.05, 0) is 84.0 Å². The van der Waals surface area contributed by atoms with Crippen LogP contribution in [0.2, 0.25) is 0 Å². The molecule has 3 aromatic carbocycles. The largest absolute Gasteiger partial charge is 0.508 e. The Labute approximate surface area is 209 Å². The summed E-state index contributed by atoms with van der Waals surface area (Å²) in [7, 11) is 0. The van der Waals surface area contributed by atoms with Crippen molar-refractivity contribution >= 4 is 27.1 Å². The van der Waals surface area contributed by atoms with Crippen LogP contribution >= 0.6 is 11.3 Å². The Bertz CT molecular complexity index is 1280. The maximum atomic E-state index is 11.4. The molecule has 0 saturated heterocycles. The molecule has 1 atom stereocenters. The fourth-order valence-electron chi connectivity index (χ4n) is 4.12. The molecule has 0 fully saturated rings. The lowest BCUT2D eigenvalue weighted by molar-refractivity contribution is 0.222. The summed E-state index contributed by atoms with van der Waals surface area (Å²) in [4.78, 5) is 0.889. The van der Waals surface area contributed by atoms with Gasteiger partial charge in [0.1, 0.15) is 23.4 Å². The Morgan fingerprint density at radius 1 is 0.914 bits per heavy atom. The molecule has 0 amide bonds. The number of aliphatic hydroxyl groups excluding tert-OH is 1. The minimum atomic E-state index is -0.877. The number of fused-ring (bicyclic) bond motifs is 1. The SMILES string of the molecule is CCCCCC(=N)CCOc1ccc(C(O)c2c(-c3ccc(O)cc3)sc3cc(O)ccc23)cc1. The van der Waals surface area contributed by atoms with Crippen LogP contribution in [0.3, 0.4) is 0 Å². The van der Waals surface area contributed by atoms with Crippen LogP contribution in [0, 0.1) is 5.41 Å². The summed E-state index contributed by atoms with van der Waals surface area (Å²) in [6.45, 7) is 2.63. The van der Waals surface area contributed by atoms with Crippen molar-refractivity contribution in [1.82, 2.24) is 0 Å². The monoisotopic (exact) mass is 489 g/mol. The summed E-state index contributed by atoms with van der Waals surface area (Å²) in [5, 5.41) is 40.0. The first-order valence-corrected chi connectivity index (χ1v) is 12.8. The molecule has 5 nitrogen and oxygen atoms in total. The molecule has 182 valence electrons. The highest BCUT2D eigenvalue weighted by atomic mass is 32.1. The Kier molecular flexibility index (Phi) is 8.06. The highest BCUT2D eigenvalue weighted by Gasteiger charge is 2.22. The van der Waals surface area contributed by atoms with Gasteiger partial charge in [-0.2, -0.15) is 0 Å². The fourth-order valence-corrected chi connectivity index (χ4v) is 5.40. The van der Waals surface area contributed by atoms with Gasteiger partial charge in [0.05, 0.1) is 6.61 Å². The molecule has 0 spiro atoms. The third kappa shape index (κ3) is 6.02. The van der Waals surface area contributed by atoms with Gasteiger partial charge in [0.15, 0.2) is 0 Å². The summed E-state index contributed by atoms with van der Waals surface area (Å²) in [5.74, 6) is 1.07. The third-order valence-corrected chi connectivity index (χ3v) is 7.28. The lowest BCUT2D eigenvalue weighted by atomic mass is 9.96. The van der Waals surface area contributed by atoms with Gasteiger partial charge in [-0.25, -0.2) is 0 Å². The number of benzene rings is 3. The number of aromatic hydroxyl groups is 2. The second kappa shape index (κ2) is 11.4. The lowest BCUT2D eigenvalue weighted by Crippen LogP contribution is -2.06. The van der Waals surface area contributed by atoms with E-state index in [2.05, 4.69) is 6.92 Å². The van der Waals surface area contributed by atoms with E-state index in [0.717, 1.165) is 63.0 Å². The highest BCUT2D eigenvalue weighted by molar-refractivity contribution is 7.22. The van der Waals surface area contributed by atoms with Crippen LogP contribution in [0.5, 0.6) is 17.2 Å². The number of unbranched alkanes of at least 4 members (excludes halogenated alkanes) is 2. The van der Waals surface area contributed by atoms with Crippen molar-refractivity contribution < 1.29 is 20.1 Å². The number of hydrogen-bond acceptors (Lipinski definition) is 6. The van der Waals surface area contributed by atoms with Gasteiger partial charge in [0, 0.05) is 27.3 Å². The number of phenols is 2. The highest BCUT2D eigenvalue weighted by Crippen LogP contribution is 2.45. The maximum absolute atomic E-state index is 11.4. The second-order valence-corrected chi connectivity index (χ2v) is 9.76. The molecular formula is C29H31NO4S. The molecule has 0 radical (unpaired) electrons. The van der Waals surface area contributed by atoms with Gasteiger partial charge in [0.2, 0.25) is 0 Å². The second-order valence-electron chi connectivity index (χ2n) is 8.70. The summed E-state index contributed by atoms with van der Waals surface area (Å²) in [6, 6.07) is 19.5. The molecule has 1 aromatic heterocycles. The first-order chi connectivity index (χ1) is 17.0. The van der Waals surface area contributed by atoms with Crippen LogP contribution in [-0.4, -0.2) is 27.6 Å². The Balaban J connectivity index is 1.53. The van der Waals surface area contributed by atoms with E-state index < -0.39 is 6.10 Å². The molecule has 4 aromatic rings. The van der Waals surface area contributed by atoms with Crippen LogP contribution in [0.1, 0.15) is 56.3 Å². The molecular weight excluding hydrogens is 458 g/mol. The molecule has 1 heterocycles. The van der Waals surface area contributed by atoms with Crippen LogP contribution in [-0.2, 0) is 0 Å². The number of ether oxygens (including phenoxy) is 1. The maximum Gasteiger partial charge on any atom is 0.119 e. The minimum absolute atomic E-state index is 0.178. The predicted octanol–water partition coefficient (Wildman–Crippen LogP) is 7.43. The number of hydrogen-bond donors (Lipinski definition) is 4. The van der Waals surface area contributed by atoms with Crippen molar-refractivity contribution in [3.05, 3.63) is 77.9 Å². The molecule has 0 aliphatic rings. The fraction of sp³-hybridized carbons (Fsp3) is 0.276. The van der Waals surface area contributed by atoms with Gasteiger partial charge in [-0.3, -0.25) is 0 Å². The van der Waals surface area contributed by atoms with Crippen molar-refractivity contribution in [1.29, 1.82) is 5.41 Å². The number of nitrogens with one attached hydrogen (secondary N) is 1. The summed E-state index contributed by atoms with van der Waals surface area (Å²) in [6.07, 6.45) is 3.95. The average molecular weight is 490 g/mol. The summed E-state index contributed by atoms with van der Waals surface area (Å²) < 4.78 is 6.70. The molecule has 6 heteroatoms. The number of rotatable bonds is 11. The normalized spacial score (nSPS) is 12.1. The molecule has 0 aliphatic carbocycles. The van der Waals surface area contributed by atoms with Crippen molar-refractivity contribution in [3.8, 4) is 27.7 Å². The Hall–Kier alpha value is -3.35. The van der Waals surface area contributed by atoms with Gasteiger partial charge >= 0.3 is 0 Å². The van der Waals surface area contributed by atoms with Crippen molar-refractivity contribution in [2.24, 2.45) is 0 Å². The van der Waals surface area contributed by atoms with E-state index in [4.69, 9.17) is 10.1 Å². The number of aliphatic hydroxyl groups is 1. The lowest BCUT2D eigenvalue weighted by Gasteiger charge is -2.15. The topological polar surface area (TPSA) is 93.8 Å². The number of phenolic OH excluding ortho intramolecular Hbond substituents is 2. The van der Waals surface area contributed by atoms with E-state index in [1.54, 1.807) is 24.3 Å². The van der Waals surface area contributed by atoms with Gasteiger partial charge < -0.3 is 25.5 Å². The van der Waals surface area contributed by atoms with Crippen LogP contribution in [0.4, 0.5) is 0 Å². The van der Waals surface area contributed by atoms with Crippen molar-refractivity contribution in [2.75, 3.05) is 6.61 Å². The van der Waals surface area contributed by atoms with E-state index in [1.807, 2.05) is 42.5 Å². The Morgan fingerprint density at radius 2 is 1.63 bits per heavy atom. The van der Waals surface area contributed by atoms with Gasteiger partial charge in [-0.15, -0.1) is 11.3 Å². The van der Waals surface area contributed by atoms with Crippen LogP contribution in [0.15, 0.2) is 66.7 Å². The molecule has 1 unspecified atom stereocenters. The van der Waals surface area contributed by atoms with Crippen LogP contribution < -0.4 is 4.74 Å². The zero-order chi connectivity index (χ0) is 24.8. The standard InChI is InChI=1S/C29H31NO4S/c1-2-3-4-5-21(30)16-17-34-24-13-8-19(9-14-24)28(33)27-25-15-12-23(32)18-26(25)35-29(27)20-6-10-22(31)11-7-20/h6-15,18,28,30-33H,2-5,16-17H2,1H3. The summed E-state index contributed by atoms with van der Waals surface area (Å²) >= 11 is 1.50. The van der Waals surface area contributed by atoms with E-state index in [9.17, 15) is 15.3 Å². The van der Waals surface area contributed by atoms with Gasteiger partial charge in [-0.1, -0.05) is 31.9 Å². The van der Waals surface area contributed by atoms with Gasteiger partial charge in [0.25, 0.3) is 0 Å². The molecule has 35 heavy (non-hydrogen) atoms. The smallest absolute Gasteiger partial charge is 0.119 e. The zero-order valence-corrected chi connectivity index (χ0v) is 20.6. The minimum Gasteiger partial charge on any atom is -0.508 e. The zero-order valence-electron chi connectivity index (χ0n) is 19.8. The van der Waals surface area contributed by atoms with E-state index in [1.165, 1.54) is 11.3 Å². The van der Waals surface area contributed by atoms with Crippen molar-refractivity contribution in [3.63, 3.8) is 0 Å². The number of thiophene rings is 1. The molecule has 4 N–H and O–H groups in total. The van der Waals surface area contributed by atoms with E-state index in [-0.39, 0.29) is 11.5 Å². The van der Waals surface area contributed by atoms with E-state index >= 15 is 0 Å². The molecule has 0 bridgehead atoms.